The second kappa shape index (κ2) is 8.85. The summed E-state index contributed by atoms with van der Waals surface area (Å²) in [6.07, 6.45) is 2.29. The topological polar surface area (TPSA) is 99.2 Å². The molecule has 0 aliphatic heterocycles. The average molecular weight is 378 g/mol. The number of hydrogen-bond acceptors (Lipinski definition) is 4. The van der Waals surface area contributed by atoms with Gasteiger partial charge in [-0.2, -0.15) is 0 Å². The molecule has 0 saturated heterocycles. The fourth-order valence-electron chi connectivity index (χ4n) is 2.96. The minimum absolute atomic E-state index is 0.0675. The Balaban J connectivity index is 1.79. The van der Waals surface area contributed by atoms with Crippen LogP contribution in [0, 0.1) is 0 Å². The number of imidazole rings is 1. The predicted molar refractivity (Wildman–Crippen MR) is 107 cm³/mol. The molecule has 2 aromatic carbocycles. The quantitative estimate of drug-likeness (QED) is 0.629. The lowest BCUT2D eigenvalue weighted by Gasteiger charge is -2.11. The molecule has 0 bridgehead atoms. The van der Waals surface area contributed by atoms with Crippen LogP contribution in [0.15, 0.2) is 60.9 Å². The van der Waals surface area contributed by atoms with Gasteiger partial charge in [-0.3, -0.25) is 9.59 Å². The molecule has 3 rings (SSSR count). The molecule has 3 aromatic rings. The zero-order chi connectivity index (χ0) is 19.9. The van der Waals surface area contributed by atoms with Gasteiger partial charge in [-0.05, 0) is 18.1 Å². The minimum atomic E-state index is -0.512. The number of nitrogens with one attached hydrogen (secondary N) is 1. The number of rotatable bonds is 8. The van der Waals surface area contributed by atoms with Gasteiger partial charge >= 0.3 is 0 Å². The van der Waals surface area contributed by atoms with Gasteiger partial charge in [0.25, 0.3) is 0 Å². The number of aryl methyl sites for hydroxylation is 1. The largest absolute Gasteiger partial charge is 0.496 e. The van der Waals surface area contributed by atoms with Crippen molar-refractivity contribution in [2.45, 2.75) is 19.4 Å². The summed E-state index contributed by atoms with van der Waals surface area (Å²) in [6.45, 7) is -0.0675. The Kier molecular flexibility index (Phi) is 6.06. The number of para-hydroxylation sites is 1. The number of ether oxygens (including phenoxy) is 1. The van der Waals surface area contributed by atoms with E-state index in [4.69, 9.17) is 10.5 Å². The van der Waals surface area contributed by atoms with Crippen molar-refractivity contribution in [3.05, 3.63) is 66.5 Å². The average Bonchev–Trinajstić information content (AvgIpc) is 3.08. The fraction of sp³-hybridized carbons (Fsp3) is 0.190. The van der Waals surface area contributed by atoms with Crippen LogP contribution in [0.1, 0.15) is 12.0 Å². The standard InChI is InChI=1S/C21H22N4O3/c1-28-17-10-6-5-7-15(17)11-12-19(27)24-21-20(16-8-3-2-4-9-16)23-14-25(21)13-18(22)26/h2-10,14H,11-13H2,1H3,(H2,22,26)(H,24,27). The van der Waals surface area contributed by atoms with E-state index in [1.165, 1.54) is 6.33 Å². The number of benzene rings is 2. The Bertz CT molecular complexity index is 967. The Labute approximate surface area is 163 Å². The summed E-state index contributed by atoms with van der Waals surface area (Å²) in [4.78, 5) is 28.3. The smallest absolute Gasteiger partial charge is 0.237 e. The summed E-state index contributed by atoms with van der Waals surface area (Å²) in [6, 6.07) is 17.0. The van der Waals surface area contributed by atoms with Crippen molar-refractivity contribution in [1.29, 1.82) is 0 Å². The van der Waals surface area contributed by atoms with Crippen molar-refractivity contribution in [1.82, 2.24) is 9.55 Å². The van der Waals surface area contributed by atoms with Crippen molar-refractivity contribution in [3.8, 4) is 17.0 Å². The van der Waals surface area contributed by atoms with Crippen LogP contribution in [0.25, 0.3) is 11.3 Å². The molecular formula is C21H22N4O3. The Hall–Kier alpha value is -3.61. The Morgan fingerprint density at radius 3 is 2.54 bits per heavy atom. The summed E-state index contributed by atoms with van der Waals surface area (Å²) in [5.41, 5.74) is 7.71. The Morgan fingerprint density at radius 2 is 1.82 bits per heavy atom. The maximum atomic E-state index is 12.6. The van der Waals surface area contributed by atoms with Crippen LogP contribution < -0.4 is 15.8 Å². The highest BCUT2D eigenvalue weighted by molar-refractivity contribution is 5.94. The molecule has 3 N–H and O–H groups in total. The third-order valence-corrected chi connectivity index (χ3v) is 4.28. The molecule has 144 valence electrons. The van der Waals surface area contributed by atoms with E-state index in [0.717, 1.165) is 16.9 Å². The summed E-state index contributed by atoms with van der Waals surface area (Å²) < 4.78 is 6.87. The lowest BCUT2D eigenvalue weighted by Crippen LogP contribution is -2.22. The van der Waals surface area contributed by atoms with Gasteiger partial charge in [-0.1, -0.05) is 48.5 Å². The molecular weight excluding hydrogens is 356 g/mol. The van der Waals surface area contributed by atoms with Crippen molar-refractivity contribution in [2.75, 3.05) is 12.4 Å². The highest BCUT2D eigenvalue weighted by Gasteiger charge is 2.17. The number of methoxy groups -OCH3 is 1. The zero-order valence-electron chi connectivity index (χ0n) is 15.6. The monoisotopic (exact) mass is 378 g/mol. The van der Waals surface area contributed by atoms with Crippen LogP contribution in [0.2, 0.25) is 0 Å². The van der Waals surface area contributed by atoms with Crippen LogP contribution in [-0.4, -0.2) is 28.5 Å². The molecule has 0 saturated carbocycles. The van der Waals surface area contributed by atoms with E-state index in [0.29, 0.717) is 17.9 Å². The number of hydrogen-bond donors (Lipinski definition) is 2. The van der Waals surface area contributed by atoms with Crippen molar-refractivity contribution < 1.29 is 14.3 Å². The molecule has 0 aliphatic carbocycles. The number of carbonyl (C=O) groups is 2. The minimum Gasteiger partial charge on any atom is -0.496 e. The first-order valence-corrected chi connectivity index (χ1v) is 8.89. The zero-order valence-corrected chi connectivity index (χ0v) is 15.6. The highest BCUT2D eigenvalue weighted by Crippen LogP contribution is 2.27. The predicted octanol–water partition coefficient (Wildman–Crippen LogP) is 2.62. The fourth-order valence-corrected chi connectivity index (χ4v) is 2.96. The molecule has 1 aromatic heterocycles. The molecule has 0 atom stereocenters. The van der Waals surface area contributed by atoms with Gasteiger partial charge in [-0.25, -0.2) is 4.98 Å². The maximum Gasteiger partial charge on any atom is 0.237 e. The number of primary amides is 1. The number of carbonyl (C=O) groups excluding carboxylic acids is 2. The number of amides is 2. The number of anilines is 1. The second-order valence-electron chi connectivity index (χ2n) is 6.26. The van der Waals surface area contributed by atoms with Gasteiger partial charge in [0.15, 0.2) is 0 Å². The van der Waals surface area contributed by atoms with E-state index in [2.05, 4.69) is 10.3 Å². The maximum absolute atomic E-state index is 12.6. The third kappa shape index (κ3) is 4.56. The van der Waals surface area contributed by atoms with Crippen LogP contribution in [0.5, 0.6) is 5.75 Å². The lowest BCUT2D eigenvalue weighted by molar-refractivity contribution is -0.119. The van der Waals surface area contributed by atoms with Gasteiger partial charge in [0.1, 0.15) is 23.8 Å². The number of nitrogens with two attached hydrogens (primary N) is 1. The van der Waals surface area contributed by atoms with E-state index >= 15 is 0 Å². The van der Waals surface area contributed by atoms with Crippen LogP contribution in [-0.2, 0) is 22.6 Å². The molecule has 7 nitrogen and oxygen atoms in total. The van der Waals surface area contributed by atoms with Crippen LogP contribution in [0.3, 0.4) is 0 Å². The van der Waals surface area contributed by atoms with Gasteiger partial charge in [0, 0.05) is 12.0 Å². The molecule has 2 amide bonds. The second-order valence-corrected chi connectivity index (χ2v) is 6.26. The van der Waals surface area contributed by atoms with Crippen molar-refractivity contribution in [3.63, 3.8) is 0 Å². The number of aromatic nitrogens is 2. The first kappa shape index (κ1) is 19.2. The first-order chi connectivity index (χ1) is 13.6. The summed E-state index contributed by atoms with van der Waals surface area (Å²) in [5.74, 6) is 0.505. The molecule has 0 radical (unpaired) electrons. The van der Waals surface area contributed by atoms with Gasteiger partial charge < -0.3 is 20.4 Å². The first-order valence-electron chi connectivity index (χ1n) is 8.89. The van der Waals surface area contributed by atoms with E-state index < -0.39 is 5.91 Å². The molecule has 0 aliphatic rings. The van der Waals surface area contributed by atoms with E-state index in [1.54, 1.807) is 11.7 Å². The van der Waals surface area contributed by atoms with Gasteiger partial charge in [0.05, 0.1) is 13.4 Å². The van der Waals surface area contributed by atoms with Crippen LogP contribution in [0.4, 0.5) is 5.82 Å². The summed E-state index contributed by atoms with van der Waals surface area (Å²) >= 11 is 0. The van der Waals surface area contributed by atoms with Crippen molar-refractivity contribution in [2.24, 2.45) is 5.73 Å². The van der Waals surface area contributed by atoms with Crippen LogP contribution >= 0.6 is 0 Å². The molecule has 0 unspecified atom stereocenters. The normalized spacial score (nSPS) is 10.5. The number of nitrogens with zero attached hydrogens (tertiary/aromatic N) is 2. The van der Waals surface area contributed by atoms with E-state index in [1.807, 2.05) is 54.6 Å². The molecule has 7 heteroatoms. The summed E-state index contributed by atoms with van der Waals surface area (Å²) in [5, 5.41) is 2.88. The third-order valence-electron chi connectivity index (χ3n) is 4.28. The van der Waals surface area contributed by atoms with E-state index in [-0.39, 0.29) is 18.9 Å². The molecule has 28 heavy (non-hydrogen) atoms. The van der Waals surface area contributed by atoms with Gasteiger partial charge in [-0.15, -0.1) is 0 Å². The lowest BCUT2D eigenvalue weighted by atomic mass is 10.1. The van der Waals surface area contributed by atoms with Crippen molar-refractivity contribution >= 4 is 17.6 Å². The Morgan fingerprint density at radius 1 is 1.11 bits per heavy atom. The molecule has 1 heterocycles. The highest BCUT2D eigenvalue weighted by atomic mass is 16.5. The SMILES string of the molecule is COc1ccccc1CCC(=O)Nc1c(-c2ccccc2)ncn1CC(N)=O. The van der Waals surface area contributed by atoms with E-state index in [9.17, 15) is 9.59 Å². The molecule has 0 spiro atoms. The van der Waals surface area contributed by atoms with Gasteiger partial charge in [0.2, 0.25) is 11.8 Å². The summed E-state index contributed by atoms with van der Waals surface area (Å²) in [7, 11) is 1.60. The molecule has 0 fully saturated rings.